The molecule has 1 aromatic rings. The maximum Gasteiger partial charge on any atom is 0.573 e. The molecule has 0 aliphatic rings. The summed E-state index contributed by atoms with van der Waals surface area (Å²) in [4.78, 5) is 29.9. The van der Waals surface area contributed by atoms with Crippen molar-refractivity contribution in [2.75, 3.05) is 6.61 Å². The Bertz CT molecular complexity index is 665. The molecule has 1 rings (SSSR count). The Hall–Kier alpha value is -1.61. The van der Waals surface area contributed by atoms with Crippen LogP contribution in [0.5, 0.6) is 5.75 Å². The second-order valence-electron chi connectivity index (χ2n) is 6.19. The van der Waals surface area contributed by atoms with Crippen molar-refractivity contribution in [1.82, 2.24) is 5.32 Å². The fourth-order valence-electron chi connectivity index (χ4n) is 2.48. The molecule has 1 unspecified atom stereocenters. The molecule has 0 spiro atoms. The molecule has 0 saturated carbocycles. The molecule has 0 bridgehead atoms. The number of hydrogen-bond donors (Lipinski definition) is 3. The highest BCUT2D eigenvalue weighted by Crippen LogP contribution is 2.37. The first-order chi connectivity index (χ1) is 13.0. The average Bonchev–Trinajstić information content (AvgIpc) is 2.56. The lowest BCUT2D eigenvalue weighted by Crippen LogP contribution is -2.31. The minimum absolute atomic E-state index is 0.162. The van der Waals surface area contributed by atoms with Crippen molar-refractivity contribution in [3.05, 3.63) is 29.8 Å². The number of carbonyl (C=O) groups excluding carboxylic acids is 1. The Morgan fingerprint density at radius 1 is 1.21 bits per heavy atom. The standard InChI is InChI=1S/C17H25F3NO6P/c1-2-3-4-5-6-10-16(22)21-15(12-26-28(23,24)25)13-8-7-9-14(11-13)27-17(18,19)20/h7-9,11,15H,2-6,10,12H2,1H3,(H,21,22)(H2,23,24,25). The molecule has 3 N–H and O–H groups in total. The minimum Gasteiger partial charge on any atom is -0.406 e. The SMILES string of the molecule is CCCCCCCC(=O)NC(COP(=O)(O)O)c1cccc(OC(F)(F)F)c1. The summed E-state index contributed by atoms with van der Waals surface area (Å²) in [5, 5.41) is 2.54. The number of amides is 1. The molecule has 0 fully saturated rings. The van der Waals surface area contributed by atoms with Crippen LogP contribution in [0.25, 0.3) is 0 Å². The Kier molecular flexibility index (Phi) is 9.95. The Morgan fingerprint density at radius 3 is 2.50 bits per heavy atom. The summed E-state index contributed by atoms with van der Waals surface area (Å²) in [6.45, 7) is 1.45. The third-order valence-corrected chi connectivity index (χ3v) is 4.23. The van der Waals surface area contributed by atoms with E-state index in [0.717, 1.165) is 37.8 Å². The predicted molar refractivity (Wildman–Crippen MR) is 95.4 cm³/mol. The molecule has 0 heterocycles. The number of unbranched alkanes of at least 4 members (excludes halogenated alkanes) is 4. The predicted octanol–water partition coefficient (Wildman–Crippen LogP) is 4.21. The highest BCUT2D eigenvalue weighted by atomic mass is 31.2. The van der Waals surface area contributed by atoms with Crippen molar-refractivity contribution in [3.8, 4) is 5.75 Å². The Balaban J connectivity index is 2.80. The molecular weight excluding hydrogens is 402 g/mol. The number of nitrogens with one attached hydrogen (secondary N) is 1. The van der Waals surface area contributed by atoms with Gasteiger partial charge in [0.05, 0.1) is 12.6 Å². The second kappa shape index (κ2) is 11.4. The van der Waals surface area contributed by atoms with E-state index in [1.165, 1.54) is 12.1 Å². The highest BCUT2D eigenvalue weighted by Gasteiger charge is 2.31. The molecule has 7 nitrogen and oxygen atoms in total. The van der Waals surface area contributed by atoms with Crippen LogP contribution in [0.1, 0.15) is 57.1 Å². The van der Waals surface area contributed by atoms with Crippen LogP contribution in [0.4, 0.5) is 13.2 Å². The molecule has 1 amide bonds. The van der Waals surface area contributed by atoms with E-state index >= 15 is 0 Å². The van der Waals surface area contributed by atoms with Crippen LogP contribution in [0.3, 0.4) is 0 Å². The van der Waals surface area contributed by atoms with E-state index in [0.29, 0.717) is 6.42 Å². The van der Waals surface area contributed by atoms with E-state index in [2.05, 4.69) is 21.5 Å². The number of halogens is 3. The zero-order valence-corrected chi connectivity index (χ0v) is 16.3. The maximum absolute atomic E-state index is 12.4. The van der Waals surface area contributed by atoms with Gasteiger partial charge in [0, 0.05) is 6.42 Å². The molecule has 11 heteroatoms. The lowest BCUT2D eigenvalue weighted by atomic mass is 10.1. The van der Waals surface area contributed by atoms with E-state index in [1.54, 1.807) is 0 Å². The fraction of sp³-hybridized carbons (Fsp3) is 0.588. The van der Waals surface area contributed by atoms with Gasteiger partial charge in [-0.25, -0.2) is 4.57 Å². The van der Waals surface area contributed by atoms with Crippen LogP contribution in [0.2, 0.25) is 0 Å². The largest absolute Gasteiger partial charge is 0.573 e. The zero-order chi connectivity index (χ0) is 21.2. The minimum atomic E-state index is -4.89. The van der Waals surface area contributed by atoms with Gasteiger partial charge in [0.25, 0.3) is 0 Å². The number of ether oxygens (including phenoxy) is 1. The van der Waals surface area contributed by atoms with Gasteiger partial charge in [0.2, 0.25) is 5.91 Å². The normalized spacial score (nSPS) is 13.2. The molecule has 0 saturated heterocycles. The number of carbonyl (C=O) groups is 1. The number of phosphoric ester groups is 1. The quantitative estimate of drug-likeness (QED) is 0.341. The lowest BCUT2D eigenvalue weighted by Gasteiger charge is -2.20. The molecular formula is C17H25F3NO6P. The number of alkyl halides is 3. The summed E-state index contributed by atoms with van der Waals surface area (Å²) < 4.78 is 56.4. The first-order valence-electron chi connectivity index (χ1n) is 8.85. The summed E-state index contributed by atoms with van der Waals surface area (Å²) in [7, 11) is -4.83. The topological polar surface area (TPSA) is 105 Å². The lowest BCUT2D eigenvalue weighted by molar-refractivity contribution is -0.274. The summed E-state index contributed by atoms with van der Waals surface area (Å²) in [6, 6.07) is 3.74. The van der Waals surface area contributed by atoms with Crippen LogP contribution in [-0.4, -0.2) is 28.7 Å². The summed E-state index contributed by atoms with van der Waals surface area (Å²) in [6.07, 6.45) is -0.0931. The molecule has 1 atom stereocenters. The maximum atomic E-state index is 12.4. The van der Waals surface area contributed by atoms with Gasteiger partial charge in [-0.2, -0.15) is 0 Å². The first kappa shape index (κ1) is 24.4. The third-order valence-electron chi connectivity index (χ3n) is 3.75. The number of benzene rings is 1. The molecule has 0 aliphatic carbocycles. The van der Waals surface area contributed by atoms with Crippen molar-refractivity contribution in [3.63, 3.8) is 0 Å². The third kappa shape index (κ3) is 11.3. The summed E-state index contributed by atoms with van der Waals surface area (Å²) in [5.74, 6) is -0.905. The van der Waals surface area contributed by atoms with Gasteiger partial charge in [0.1, 0.15) is 5.75 Å². The first-order valence-corrected chi connectivity index (χ1v) is 10.4. The highest BCUT2D eigenvalue weighted by molar-refractivity contribution is 7.46. The van der Waals surface area contributed by atoms with Gasteiger partial charge in [-0.3, -0.25) is 9.32 Å². The van der Waals surface area contributed by atoms with Crippen LogP contribution in [0.15, 0.2) is 24.3 Å². The fourth-order valence-corrected chi connectivity index (χ4v) is 2.82. The van der Waals surface area contributed by atoms with Crippen LogP contribution >= 0.6 is 7.82 Å². The smallest absolute Gasteiger partial charge is 0.406 e. The van der Waals surface area contributed by atoms with Crippen molar-refractivity contribution >= 4 is 13.7 Å². The van der Waals surface area contributed by atoms with E-state index in [-0.39, 0.29) is 12.0 Å². The van der Waals surface area contributed by atoms with Gasteiger partial charge in [-0.15, -0.1) is 13.2 Å². The Morgan fingerprint density at radius 2 is 1.89 bits per heavy atom. The number of hydrogen-bond acceptors (Lipinski definition) is 4. The number of phosphoric acid groups is 1. The molecule has 0 radical (unpaired) electrons. The van der Waals surface area contributed by atoms with E-state index in [4.69, 9.17) is 9.79 Å². The molecule has 0 aromatic heterocycles. The number of rotatable bonds is 12. The van der Waals surface area contributed by atoms with Crippen molar-refractivity contribution < 1.29 is 41.6 Å². The van der Waals surface area contributed by atoms with E-state index < -0.39 is 38.5 Å². The zero-order valence-electron chi connectivity index (χ0n) is 15.4. The van der Waals surface area contributed by atoms with E-state index in [1.807, 2.05) is 0 Å². The average molecular weight is 427 g/mol. The van der Waals surface area contributed by atoms with Crippen molar-refractivity contribution in [2.45, 2.75) is 57.9 Å². The second-order valence-corrected chi connectivity index (χ2v) is 7.43. The van der Waals surface area contributed by atoms with Gasteiger partial charge in [0.15, 0.2) is 0 Å². The van der Waals surface area contributed by atoms with Gasteiger partial charge >= 0.3 is 14.2 Å². The van der Waals surface area contributed by atoms with Gasteiger partial charge in [-0.1, -0.05) is 44.7 Å². The van der Waals surface area contributed by atoms with Gasteiger partial charge in [-0.05, 0) is 24.1 Å². The Labute approximate surface area is 161 Å². The van der Waals surface area contributed by atoms with Gasteiger partial charge < -0.3 is 19.8 Å². The van der Waals surface area contributed by atoms with E-state index in [9.17, 15) is 22.5 Å². The molecule has 28 heavy (non-hydrogen) atoms. The van der Waals surface area contributed by atoms with Crippen LogP contribution in [0, 0.1) is 0 Å². The summed E-state index contributed by atoms with van der Waals surface area (Å²) >= 11 is 0. The van der Waals surface area contributed by atoms with Crippen molar-refractivity contribution in [1.29, 1.82) is 0 Å². The van der Waals surface area contributed by atoms with Crippen molar-refractivity contribution in [2.24, 2.45) is 0 Å². The molecule has 1 aromatic carbocycles. The van der Waals surface area contributed by atoms with Crippen LogP contribution in [-0.2, 0) is 13.9 Å². The molecule has 160 valence electrons. The summed E-state index contributed by atoms with van der Waals surface area (Å²) in [5.41, 5.74) is 0.162. The molecule has 0 aliphatic heterocycles. The monoisotopic (exact) mass is 427 g/mol. The van der Waals surface area contributed by atoms with Crippen LogP contribution < -0.4 is 10.1 Å².